The van der Waals surface area contributed by atoms with Crippen LogP contribution in [0, 0.1) is 5.92 Å². The molecular formula is C25H31N3O5. The molecule has 1 aromatic carbocycles. The molecule has 0 unspecified atom stereocenters. The van der Waals surface area contributed by atoms with Crippen LogP contribution in [0.4, 0.5) is 0 Å². The van der Waals surface area contributed by atoms with Crippen molar-refractivity contribution in [3.05, 3.63) is 60.1 Å². The molecule has 2 aromatic rings. The van der Waals surface area contributed by atoms with Crippen molar-refractivity contribution in [2.24, 2.45) is 5.92 Å². The molecule has 1 aromatic heterocycles. The van der Waals surface area contributed by atoms with E-state index in [1.807, 2.05) is 6.07 Å². The lowest BCUT2D eigenvalue weighted by Crippen LogP contribution is -2.59. The van der Waals surface area contributed by atoms with Gasteiger partial charge in [0.25, 0.3) is 11.8 Å². The number of likely N-dealkylation sites (tertiary alicyclic amines) is 1. The van der Waals surface area contributed by atoms with Crippen molar-refractivity contribution >= 4 is 17.7 Å². The lowest BCUT2D eigenvalue weighted by molar-refractivity contribution is -0.128. The van der Waals surface area contributed by atoms with Gasteiger partial charge in [-0.2, -0.15) is 0 Å². The molecule has 1 spiro atoms. The van der Waals surface area contributed by atoms with Gasteiger partial charge in [0.05, 0.1) is 12.9 Å². The van der Waals surface area contributed by atoms with Gasteiger partial charge in [0.15, 0.2) is 5.76 Å². The molecule has 2 aliphatic heterocycles. The average molecular weight is 454 g/mol. The number of furan rings is 1. The van der Waals surface area contributed by atoms with Gasteiger partial charge in [0.2, 0.25) is 5.91 Å². The predicted octanol–water partition coefficient (Wildman–Crippen LogP) is 2.92. The number of hydrogen-bond acceptors (Lipinski definition) is 5. The number of hydrogen-bond donors (Lipinski definition) is 1. The molecule has 0 bridgehead atoms. The first-order chi connectivity index (χ1) is 15.9. The van der Waals surface area contributed by atoms with Crippen molar-refractivity contribution in [3.8, 4) is 0 Å². The molecule has 2 saturated heterocycles. The Balaban J connectivity index is 1.53. The first-order valence-corrected chi connectivity index (χ1v) is 11.5. The van der Waals surface area contributed by atoms with Crippen LogP contribution in [-0.2, 0) is 9.53 Å². The van der Waals surface area contributed by atoms with Crippen LogP contribution < -0.4 is 5.32 Å². The number of carbonyl (C=O) groups is 3. The molecule has 0 aliphatic carbocycles. The molecule has 2 aliphatic rings. The lowest BCUT2D eigenvalue weighted by Gasteiger charge is -2.44. The second-order valence-electron chi connectivity index (χ2n) is 9.06. The lowest BCUT2D eigenvalue weighted by atomic mass is 9.96. The molecule has 2 fully saturated rings. The first kappa shape index (κ1) is 23.0. The number of amides is 3. The third-order valence-electron chi connectivity index (χ3n) is 6.39. The number of nitrogens with zero attached hydrogens (tertiary/aromatic N) is 2. The van der Waals surface area contributed by atoms with E-state index >= 15 is 0 Å². The van der Waals surface area contributed by atoms with Gasteiger partial charge in [0, 0.05) is 38.0 Å². The van der Waals surface area contributed by atoms with Gasteiger partial charge >= 0.3 is 0 Å². The minimum atomic E-state index is -0.924. The molecule has 1 atom stereocenters. The summed E-state index contributed by atoms with van der Waals surface area (Å²) in [6.07, 6.45) is 3.18. The highest BCUT2D eigenvalue weighted by molar-refractivity contribution is 5.98. The fraction of sp³-hybridized carbons (Fsp3) is 0.480. The van der Waals surface area contributed by atoms with Crippen molar-refractivity contribution in [2.75, 3.05) is 26.2 Å². The number of ether oxygens (including phenoxy) is 1. The van der Waals surface area contributed by atoms with Crippen LogP contribution >= 0.6 is 0 Å². The summed E-state index contributed by atoms with van der Waals surface area (Å²) in [7, 11) is 0. The highest BCUT2D eigenvalue weighted by atomic mass is 16.5. The second-order valence-corrected chi connectivity index (χ2v) is 9.06. The predicted molar refractivity (Wildman–Crippen MR) is 121 cm³/mol. The Labute approximate surface area is 193 Å². The fourth-order valence-electron chi connectivity index (χ4n) is 4.50. The van der Waals surface area contributed by atoms with Crippen LogP contribution in [0.25, 0.3) is 0 Å². The van der Waals surface area contributed by atoms with Gasteiger partial charge in [-0.25, -0.2) is 0 Å². The Hall–Kier alpha value is -3.13. The Morgan fingerprint density at radius 1 is 1.06 bits per heavy atom. The van der Waals surface area contributed by atoms with E-state index in [9.17, 15) is 14.4 Å². The van der Waals surface area contributed by atoms with E-state index in [2.05, 4.69) is 19.2 Å². The highest BCUT2D eigenvalue weighted by Crippen LogP contribution is 2.38. The molecule has 0 saturated carbocycles. The zero-order valence-electron chi connectivity index (χ0n) is 19.2. The Kier molecular flexibility index (Phi) is 6.83. The van der Waals surface area contributed by atoms with Crippen LogP contribution in [0.2, 0.25) is 0 Å². The minimum absolute atomic E-state index is 0.137. The summed E-state index contributed by atoms with van der Waals surface area (Å²) in [6.45, 7) is 5.70. The van der Waals surface area contributed by atoms with E-state index in [1.54, 1.807) is 46.2 Å². The van der Waals surface area contributed by atoms with Gasteiger partial charge in [-0.15, -0.1) is 0 Å². The smallest absolute Gasteiger partial charge is 0.289 e. The van der Waals surface area contributed by atoms with Gasteiger partial charge in [-0.3, -0.25) is 19.3 Å². The summed E-state index contributed by atoms with van der Waals surface area (Å²) in [5.41, 5.74) is -0.413. The van der Waals surface area contributed by atoms with Gasteiger partial charge in [-0.05, 0) is 36.6 Å². The largest absolute Gasteiger partial charge is 0.459 e. The number of nitrogens with one attached hydrogen (secondary N) is 1. The molecule has 33 heavy (non-hydrogen) atoms. The molecule has 176 valence electrons. The molecule has 4 rings (SSSR count). The van der Waals surface area contributed by atoms with E-state index in [-0.39, 0.29) is 30.1 Å². The molecule has 3 amide bonds. The summed E-state index contributed by atoms with van der Waals surface area (Å²) < 4.78 is 11.4. The monoisotopic (exact) mass is 453 g/mol. The van der Waals surface area contributed by atoms with Crippen LogP contribution in [-0.4, -0.2) is 65.5 Å². The summed E-state index contributed by atoms with van der Waals surface area (Å²) in [5, 5.41) is 2.97. The summed E-state index contributed by atoms with van der Waals surface area (Å²) in [6, 6.07) is 11.6. The summed E-state index contributed by atoms with van der Waals surface area (Å²) in [5.74, 6) is 0.137. The van der Waals surface area contributed by atoms with Gasteiger partial charge < -0.3 is 19.4 Å². The van der Waals surface area contributed by atoms with Crippen molar-refractivity contribution in [1.29, 1.82) is 0 Å². The van der Waals surface area contributed by atoms with Crippen LogP contribution in [0.15, 0.2) is 53.1 Å². The van der Waals surface area contributed by atoms with E-state index < -0.39 is 11.8 Å². The fourth-order valence-corrected chi connectivity index (χ4v) is 4.50. The number of rotatable bonds is 6. The summed E-state index contributed by atoms with van der Waals surface area (Å²) >= 11 is 0. The van der Waals surface area contributed by atoms with E-state index in [0.29, 0.717) is 44.0 Å². The minimum Gasteiger partial charge on any atom is -0.459 e. The Bertz CT molecular complexity index is 965. The van der Waals surface area contributed by atoms with Crippen molar-refractivity contribution in [1.82, 2.24) is 15.1 Å². The maximum absolute atomic E-state index is 13.6. The van der Waals surface area contributed by atoms with Crippen LogP contribution in [0.5, 0.6) is 0 Å². The van der Waals surface area contributed by atoms with E-state index in [4.69, 9.17) is 9.15 Å². The zero-order valence-corrected chi connectivity index (χ0v) is 19.2. The third-order valence-corrected chi connectivity index (χ3v) is 6.39. The van der Waals surface area contributed by atoms with E-state index in [1.165, 1.54) is 6.26 Å². The third kappa shape index (κ3) is 4.80. The normalized spacial score (nSPS) is 19.8. The second kappa shape index (κ2) is 9.79. The molecule has 8 nitrogen and oxygen atoms in total. The number of carbonyl (C=O) groups excluding carboxylic acids is 3. The van der Waals surface area contributed by atoms with Crippen molar-refractivity contribution < 1.29 is 23.5 Å². The molecule has 0 radical (unpaired) electrons. The zero-order chi connectivity index (χ0) is 23.4. The SMILES string of the molecule is CC(C)CCNC(=O)[C@H]1COC2(CCN(C(=O)c3ccco3)CC2)N1C(=O)c1ccccc1. The molecule has 8 heteroatoms. The average Bonchev–Trinajstić information content (AvgIpc) is 3.48. The quantitative estimate of drug-likeness (QED) is 0.726. The standard InChI is InChI=1S/C25H31N3O5/c1-18(2)10-13-26-22(29)20-17-33-25(28(20)23(30)19-7-4-3-5-8-19)11-14-27(15-12-25)24(31)21-9-6-16-32-21/h3-9,16,18,20H,10-15,17H2,1-2H3,(H,26,29)/t20-/m1/s1. The molecule has 3 heterocycles. The maximum atomic E-state index is 13.6. The van der Waals surface area contributed by atoms with Crippen LogP contribution in [0.3, 0.4) is 0 Å². The van der Waals surface area contributed by atoms with Crippen molar-refractivity contribution in [3.63, 3.8) is 0 Å². The maximum Gasteiger partial charge on any atom is 0.289 e. The number of piperidine rings is 1. The Morgan fingerprint density at radius 3 is 2.42 bits per heavy atom. The first-order valence-electron chi connectivity index (χ1n) is 11.5. The summed E-state index contributed by atoms with van der Waals surface area (Å²) in [4.78, 5) is 42.7. The topological polar surface area (TPSA) is 92.1 Å². The number of benzene rings is 1. The molecule has 1 N–H and O–H groups in total. The Morgan fingerprint density at radius 2 is 1.79 bits per heavy atom. The van der Waals surface area contributed by atoms with Gasteiger partial charge in [0.1, 0.15) is 11.8 Å². The van der Waals surface area contributed by atoms with E-state index in [0.717, 1.165) is 6.42 Å². The van der Waals surface area contributed by atoms with Crippen LogP contribution in [0.1, 0.15) is 54.0 Å². The van der Waals surface area contributed by atoms with Gasteiger partial charge in [-0.1, -0.05) is 32.0 Å². The highest BCUT2D eigenvalue weighted by Gasteiger charge is 2.54. The van der Waals surface area contributed by atoms with Crippen molar-refractivity contribution in [2.45, 2.75) is 44.9 Å². The molecular weight excluding hydrogens is 422 g/mol.